The maximum absolute atomic E-state index is 12.3. The van der Waals surface area contributed by atoms with Crippen molar-refractivity contribution >= 4 is 29.4 Å². The molecular formula is C24H25F3N6O3. The Bertz CT molecular complexity index is 1130. The summed E-state index contributed by atoms with van der Waals surface area (Å²) in [6.07, 6.45) is 4.09. The van der Waals surface area contributed by atoms with Crippen molar-refractivity contribution in [2.45, 2.75) is 44.9 Å². The van der Waals surface area contributed by atoms with Crippen molar-refractivity contribution in [3.63, 3.8) is 0 Å². The van der Waals surface area contributed by atoms with Crippen LogP contribution in [0.2, 0.25) is 0 Å². The summed E-state index contributed by atoms with van der Waals surface area (Å²) in [5.41, 5.74) is 1.14. The van der Waals surface area contributed by atoms with Gasteiger partial charge in [0.2, 0.25) is 5.91 Å². The number of hydrazone groups is 1. The highest BCUT2D eigenvalue weighted by atomic mass is 19.4. The van der Waals surface area contributed by atoms with Gasteiger partial charge in [-0.15, -0.1) is 30.6 Å². The van der Waals surface area contributed by atoms with Crippen LogP contribution in [-0.2, 0) is 22.4 Å². The number of nitrogens with two attached hydrogens (primary N) is 1. The Morgan fingerprint density at radius 1 is 1.19 bits per heavy atom. The Balaban J connectivity index is 1.74. The normalized spacial score (nSPS) is 11.8. The van der Waals surface area contributed by atoms with E-state index in [1.807, 2.05) is 0 Å². The van der Waals surface area contributed by atoms with Crippen LogP contribution in [0.15, 0.2) is 46.5 Å². The van der Waals surface area contributed by atoms with Crippen molar-refractivity contribution in [3.05, 3.63) is 47.7 Å². The molecule has 36 heavy (non-hydrogen) atoms. The number of terminal acetylenes is 1. The van der Waals surface area contributed by atoms with Crippen LogP contribution >= 0.6 is 0 Å². The van der Waals surface area contributed by atoms with E-state index in [1.54, 1.807) is 12.1 Å². The average Bonchev–Trinajstić information content (AvgIpc) is 2.82. The van der Waals surface area contributed by atoms with E-state index >= 15 is 0 Å². The molecule has 1 aromatic heterocycles. The third-order valence-electron chi connectivity index (χ3n) is 4.59. The number of ether oxygens (including phenoxy) is 1. The molecule has 0 unspecified atom stereocenters. The lowest BCUT2D eigenvalue weighted by atomic mass is 10.1. The van der Waals surface area contributed by atoms with Gasteiger partial charge in [-0.05, 0) is 49.1 Å². The van der Waals surface area contributed by atoms with Gasteiger partial charge in [0.25, 0.3) is 0 Å². The number of aryl methyl sites for hydroxylation is 1. The number of aliphatic imine (C=N–C) groups is 1. The topological polar surface area (TPSA) is 132 Å². The largest absolute Gasteiger partial charge is 0.573 e. The number of unbranched alkanes of at least 4 members (excludes halogenated alkanes) is 1. The number of alkyl halides is 3. The number of ketones is 1. The highest BCUT2D eigenvalue weighted by Crippen LogP contribution is 2.23. The fourth-order valence-corrected chi connectivity index (χ4v) is 2.94. The molecule has 0 bridgehead atoms. The molecule has 0 atom stereocenters. The Hall–Kier alpha value is -4.27. The molecule has 9 nitrogen and oxygen atoms in total. The fraction of sp³-hybridized carbons (Fsp3) is 0.333. The van der Waals surface area contributed by atoms with Crippen LogP contribution in [0, 0.1) is 12.3 Å². The number of anilines is 1. The zero-order chi connectivity index (χ0) is 26.4. The molecule has 0 saturated heterocycles. The molecule has 1 aromatic carbocycles. The highest BCUT2D eigenvalue weighted by molar-refractivity contribution is 6.61. The third kappa shape index (κ3) is 10.8. The van der Waals surface area contributed by atoms with E-state index in [2.05, 4.69) is 36.3 Å². The standard InChI is InChI=1S/C24H25F3N6O3/c1-2-3-10-21(34)20(31-28)16-29-13-5-4-8-18-11-12-22(33-32-18)30-23(35)15-17-7-6-9-19(14-17)36-24(25,26)27/h1,6-7,9,11-12,14,16H,3-5,8,10,13,15,28H2,(H,30,33,35). The van der Waals surface area contributed by atoms with Crippen LogP contribution in [0.25, 0.3) is 0 Å². The van der Waals surface area contributed by atoms with Gasteiger partial charge in [0, 0.05) is 19.4 Å². The predicted octanol–water partition coefficient (Wildman–Crippen LogP) is 3.25. The minimum Gasteiger partial charge on any atom is -0.406 e. The minimum absolute atomic E-state index is 0.0797. The minimum atomic E-state index is -4.81. The van der Waals surface area contributed by atoms with Gasteiger partial charge in [0.05, 0.1) is 18.3 Å². The summed E-state index contributed by atoms with van der Waals surface area (Å²) in [6, 6.07) is 8.49. The molecule has 1 heterocycles. The molecular weight excluding hydrogens is 477 g/mol. The molecule has 0 aliphatic carbocycles. The quantitative estimate of drug-likeness (QED) is 0.142. The fourth-order valence-electron chi connectivity index (χ4n) is 2.94. The summed E-state index contributed by atoms with van der Waals surface area (Å²) in [6.45, 7) is 0.470. The van der Waals surface area contributed by atoms with E-state index in [4.69, 9.17) is 12.3 Å². The first kappa shape index (κ1) is 28.0. The number of hydrogen-bond acceptors (Lipinski definition) is 8. The number of benzene rings is 1. The van der Waals surface area contributed by atoms with Gasteiger partial charge in [-0.25, -0.2) is 0 Å². The maximum Gasteiger partial charge on any atom is 0.573 e. The van der Waals surface area contributed by atoms with Gasteiger partial charge in [-0.2, -0.15) is 10.2 Å². The van der Waals surface area contributed by atoms with Crippen molar-refractivity contribution in [1.29, 1.82) is 0 Å². The first-order valence-corrected chi connectivity index (χ1v) is 10.9. The van der Waals surface area contributed by atoms with Crippen LogP contribution in [0.1, 0.15) is 36.9 Å². The number of Topliss-reactive ketones (excluding diaryl/α,β-unsaturated/α-hetero) is 1. The molecule has 0 aliphatic heterocycles. The summed E-state index contributed by atoms with van der Waals surface area (Å²) >= 11 is 0. The van der Waals surface area contributed by atoms with E-state index in [-0.39, 0.29) is 30.2 Å². The number of aromatic nitrogens is 2. The Kier molecular flexibility index (Phi) is 11.0. The molecule has 0 aliphatic rings. The van der Waals surface area contributed by atoms with Gasteiger partial charge in [-0.1, -0.05) is 12.1 Å². The Morgan fingerprint density at radius 3 is 2.67 bits per heavy atom. The molecule has 0 spiro atoms. The summed E-state index contributed by atoms with van der Waals surface area (Å²) in [4.78, 5) is 28.2. The maximum atomic E-state index is 12.3. The number of amides is 1. The molecule has 3 N–H and O–H groups in total. The molecule has 1 amide bonds. The second-order valence-electron chi connectivity index (χ2n) is 7.46. The monoisotopic (exact) mass is 502 g/mol. The summed E-state index contributed by atoms with van der Waals surface area (Å²) in [5, 5.41) is 14.0. The van der Waals surface area contributed by atoms with Gasteiger partial charge in [0.1, 0.15) is 11.5 Å². The zero-order valence-corrected chi connectivity index (χ0v) is 19.3. The molecule has 2 aromatic rings. The smallest absolute Gasteiger partial charge is 0.406 e. The molecule has 12 heteroatoms. The number of rotatable bonds is 13. The molecule has 0 saturated carbocycles. The van der Waals surface area contributed by atoms with Crippen molar-refractivity contribution < 1.29 is 27.5 Å². The first-order valence-electron chi connectivity index (χ1n) is 10.9. The summed E-state index contributed by atoms with van der Waals surface area (Å²) in [5.74, 6) is 6.69. The van der Waals surface area contributed by atoms with Crippen LogP contribution in [0.5, 0.6) is 5.75 Å². The zero-order valence-electron chi connectivity index (χ0n) is 19.3. The van der Waals surface area contributed by atoms with Crippen LogP contribution in [-0.4, -0.2) is 46.7 Å². The van der Waals surface area contributed by atoms with E-state index in [0.29, 0.717) is 30.6 Å². The predicted molar refractivity (Wildman–Crippen MR) is 128 cm³/mol. The van der Waals surface area contributed by atoms with Crippen LogP contribution in [0.3, 0.4) is 0 Å². The van der Waals surface area contributed by atoms with Crippen molar-refractivity contribution in [3.8, 4) is 18.1 Å². The lowest BCUT2D eigenvalue weighted by Gasteiger charge is -2.10. The molecule has 0 fully saturated rings. The van der Waals surface area contributed by atoms with Crippen molar-refractivity contribution in [2.24, 2.45) is 15.9 Å². The van der Waals surface area contributed by atoms with Crippen LogP contribution < -0.4 is 15.9 Å². The first-order chi connectivity index (χ1) is 17.2. The summed E-state index contributed by atoms with van der Waals surface area (Å²) in [7, 11) is 0. The molecule has 190 valence electrons. The lowest BCUT2D eigenvalue weighted by molar-refractivity contribution is -0.274. The van der Waals surface area contributed by atoms with Gasteiger partial charge in [-0.3, -0.25) is 14.6 Å². The van der Waals surface area contributed by atoms with Crippen molar-refractivity contribution in [2.75, 3.05) is 11.9 Å². The van der Waals surface area contributed by atoms with E-state index in [9.17, 15) is 22.8 Å². The summed E-state index contributed by atoms with van der Waals surface area (Å²) < 4.78 is 40.9. The van der Waals surface area contributed by atoms with Gasteiger partial charge in [0.15, 0.2) is 11.6 Å². The second-order valence-corrected chi connectivity index (χ2v) is 7.46. The highest BCUT2D eigenvalue weighted by Gasteiger charge is 2.31. The lowest BCUT2D eigenvalue weighted by Crippen LogP contribution is -2.18. The number of nitrogens with one attached hydrogen (secondary N) is 1. The van der Waals surface area contributed by atoms with Gasteiger partial charge >= 0.3 is 6.36 Å². The molecule has 2 rings (SSSR count). The van der Waals surface area contributed by atoms with E-state index in [0.717, 1.165) is 25.0 Å². The van der Waals surface area contributed by atoms with Gasteiger partial charge < -0.3 is 15.9 Å². The third-order valence-corrected chi connectivity index (χ3v) is 4.59. The molecule has 0 radical (unpaired) electrons. The SMILES string of the molecule is C#CCCC(=O)C(C=NCCCCc1ccc(NC(=O)Cc2cccc(OC(F)(F)F)c2)nn1)=NN. The van der Waals surface area contributed by atoms with Crippen molar-refractivity contribution in [1.82, 2.24) is 10.2 Å². The number of carbonyl (C=O) groups is 2. The Morgan fingerprint density at radius 2 is 2.00 bits per heavy atom. The van der Waals surface area contributed by atoms with Crippen LogP contribution in [0.4, 0.5) is 19.0 Å². The number of nitrogens with zero attached hydrogens (tertiary/aromatic N) is 4. The van der Waals surface area contributed by atoms with E-state index in [1.165, 1.54) is 18.3 Å². The number of halogens is 3. The Labute approximate surface area is 206 Å². The second kappa shape index (κ2) is 14.2. The number of hydrogen-bond donors (Lipinski definition) is 2. The number of carbonyl (C=O) groups excluding carboxylic acids is 2. The van der Waals surface area contributed by atoms with E-state index < -0.39 is 18.0 Å². The average molecular weight is 502 g/mol.